The van der Waals surface area contributed by atoms with E-state index >= 15 is 0 Å². The SMILES string of the molecule is CCOc1ccc(NC(=O)CC2C(=O)N(c3ccc(OCC)cc3)C(=S)N2Cc2/c(=N/S(=O)(=O)c3ccc(C)cc3)o[n-][n+]2C)cc1. The minimum atomic E-state index is -4.17. The lowest BCUT2D eigenvalue weighted by molar-refractivity contribution is -0.752. The minimum Gasteiger partial charge on any atom is -0.494 e. The van der Waals surface area contributed by atoms with Gasteiger partial charge in [-0.2, -0.15) is 8.42 Å². The summed E-state index contributed by atoms with van der Waals surface area (Å²) in [5.74, 6) is 0.405. The second-order valence-electron chi connectivity index (χ2n) is 10.6. The molecule has 0 bridgehead atoms. The van der Waals surface area contributed by atoms with E-state index in [4.69, 9.17) is 26.2 Å². The summed E-state index contributed by atoms with van der Waals surface area (Å²) in [7, 11) is -2.62. The normalized spacial score (nSPS) is 15.3. The van der Waals surface area contributed by atoms with Crippen LogP contribution in [-0.2, 0) is 33.2 Å². The number of hydrogen-bond donors (Lipinski definition) is 1. The van der Waals surface area contributed by atoms with Gasteiger partial charge in [-0.1, -0.05) is 17.7 Å². The fourth-order valence-electron chi connectivity index (χ4n) is 4.91. The highest BCUT2D eigenvalue weighted by molar-refractivity contribution is 7.90. The Hall–Kier alpha value is -5.02. The Balaban J connectivity index is 1.47. The molecule has 47 heavy (non-hydrogen) atoms. The lowest BCUT2D eigenvalue weighted by atomic mass is 10.1. The van der Waals surface area contributed by atoms with Crippen molar-refractivity contribution in [3.05, 3.63) is 89.6 Å². The fraction of sp³-hybridized carbons (Fsp3) is 0.281. The summed E-state index contributed by atoms with van der Waals surface area (Å²) < 4.78 is 47.8. The Morgan fingerprint density at radius 2 is 1.60 bits per heavy atom. The molecular formula is C32H34N6O7S2. The zero-order valence-corrected chi connectivity index (χ0v) is 27.9. The summed E-state index contributed by atoms with van der Waals surface area (Å²) in [6.07, 6.45) is -0.261. The number of benzene rings is 3. The molecule has 13 nitrogen and oxygen atoms in total. The molecule has 1 N–H and O–H groups in total. The zero-order chi connectivity index (χ0) is 33.7. The van der Waals surface area contributed by atoms with Crippen LogP contribution in [-0.4, -0.2) is 49.5 Å². The summed E-state index contributed by atoms with van der Waals surface area (Å²) in [6.45, 7) is 6.43. The third-order valence-corrected chi connectivity index (χ3v) is 8.97. The molecule has 15 heteroatoms. The highest BCUT2D eigenvalue weighted by atomic mass is 32.2. The Bertz CT molecular complexity index is 1940. The number of amides is 2. The number of hydrogen-bond acceptors (Lipinski definition) is 8. The molecule has 0 spiro atoms. The number of carbonyl (C=O) groups excluding carboxylic acids is 2. The molecule has 0 saturated carbocycles. The molecule has 2 heterocycles. The van der Waals surface area contributed by atoms with E-state index in [1.165, 1.54) is 26.6 Å². The summed E-state index contributed by atoms with van der Waals surface area (Å²) in [5.41, 5.74) is 1.83. The van der Waals surface area contributed by atoms with Crippen LogP contribution in [0.2, 0.25) is 0 Å². The van der Waals surface area contributed by atoms with Crippen LogP contribution in [0.4, 0.5) is 11.4 Å². The maximum absolute atomic E-state index is 14.0. The van der Waals surface area contributed by atoms with Gasteiger partial charge in [0.15, 0.2) is 5.11 Å². The van der Waals surface area contributed by atoms with Crippen LogP contribution in [0.1, 0.15) is 31.5 Å². The maximum Gasteiger partial charge on any atom is 0.289 e. The standard InChI is InChI=1S/C32H34N6O7S2/c1-5-43-24-13-9-22(10-14-24)33-29(39)19-27-31(40)38(23-11-15-25(16-12-23)44-6-2)32(46)37(27)20-28-30(45-35-36(28)4)34-47(41,42)26-17-7-21(3)8-18-26/h7-18,27H,5-6,19-20H2,1-4H3,(H,33,39)/b34-30-. The van der Waals surface area contributed by atoms with Gasteiger partial charge in [0.1, 0.15) is 31.1 Å². The Labute approximate surface area is 277 Å². The number of sulfonamides is 1. The second kappa shape index (κ2) is 14.2. The maximum atomic E-state index is 14.0. The van der Waals surface area contributed by atoms with E-state index in [2.05, 4.69) is 15.0 Å². The number of aryl methyl sites for hydroxylation is 2. The third kappa shape index (κ3) is 7.52. The number of aromatic nitrogens is 2. The molecule has 1 aliphatic heterocycles. The van der Waals surface area contributed by atoms with Gasteiger partial charge in [-0.05, 0) is 93.7 Å². The number of ether oxygens (including phenoxy) is 2. The molecule has 2 amide bonds. The predicted octanol–water partition coefficient (Wildman–Crippen LogP) is 2.99. The average molecular weight is 679 g/mol. The highest BCUT2D eigenvalue weighted by Crippen LogP contribution is 2.30. The Kier molecular flexibility index (Phi) is 10.1. The number of nitrogens with one attached hydrogen (secondary N) is 1. The van der Waals surface area contributed by atoms with Gasteiger partial charge in [-0.3, -0.25) is 19.8 Å². The van der Waals surface area contributed by atoms with Crippen molar-refractivity contribution in [3.8, 4) is 11.5 Å². The van der Waals surface area contributed by atoms with Crippen LogP contribution in [0.25, 0.3) is 0 Å². The number of thiocarbonyl (C=S) groups is 1. The van der Waals surface area contributed by atoms with Crippen LogP contribution in [0.5, 0.6) is 11.5 Å². The lowest BCUT2D eigenvalue weighted by Crippen LogP contribution is -2.45. The van der Waals surface area contributed by atoms with Gasteiger partial charge in [0.25, 0.3) is 27.2 Å². The van der Waals surface area contributed by atoms with Crippen LogP contribution < -0.4 is 35.2 Å². The van der Waals surface area contributed by atoms with Gasteiger partial charge < -0.3 is 24.2 Å². The first-order valence-electron chi connectivity index (χ1n) is 14.8. The zero-order valence-electron chi connectivity index (χ0n) is 26.2. The lowest BCUT2D eigenvalue weighted by Gasteiger charge is -2.22. The summed E-state index contributed by atoms with van der Waals surface area (Å²) in [4.78, 5) is 30.1. The van der Waals surface area contributed by atoms with Gasteiger partial charge >= 0.3 is 0 Å². The quantitative estimate of drug-likeness (QED) is 0.175. The first kappa shape index (κ1) is 33.3. The first-order valence-corrected chi connectivity index (χ1v) is 16.6. The molecule has 1 atom stereocenters. The molecular weight excluding hydrogens is 645 g/mol. The molecule has 5 rings (SSSR count). The molecule has 1 saturated heterocycles. The molecule has 1 fully saturated rings. The molecule has 1 unspecified atom stereocenters. The van der Waals surface area contributed by atoms with Crippen LogP contribution in [0.3, 0.4) is 0 Å². The monoisotopic (exact) mass is 678 g/mol. The summed E-state index contributed by atoms with van der Waals surface area (Å²) in [6, 6.07) is 18.9. The van der Waals surface area contributed by atoms with Crippen LogP contribution >= 0.6 is 12.2 Å². The molecule has 1 aromatic heterocycles. The Morgan fingerprint density at radius 3 is 2.19 bits per heavy atom. The van der Waals surface area contributed by atoms with Crippen LogP contribution in [0, 0.1) is 6.92 Å². The van der Waals surface area contributed by atoms with E-state index in [1.54, 1.807) is 67.7 Å². The van der Waals surface area contributed by atoms with E-state index in [9.17, 15) is 18.0 Å². The largest absolute Gasteiger partial charge is 0.494 e. The van der Waals surface area contributed by atoms with E-state index in [0.29, 0.717) is 36.1 Å². The molecule has 246 valence electrons. The number of anilines is 2. The van der Waals surface area contributed by atoms with E-state index in [1.807, 2.05) is 20.8 Å². The smallest absolute Gasteiger partial charge is 0.289 e. The number of rotatable bonds is 12. The second-order valence-corrected chi connectivity index (χ2v) is 12.5. The first-order chi connectivity index (χ1) is 22.5. The Morgan fingerprint density at radius 1 is 1.00 bits per heavy atom. The van der Waals surface area contributed by atoms with Crippen LogP contribution in [0.15, 0.2) is 86.6 Å². The van der Waals surface area contributed by atoms with Crippen molar-refractivity contribution in [2.75, 3.05) is 23.4 Å². The molecule has 1 aliphatic rings. The van der Waals surface area contributed by atoms with Crippen molar-refractivity contribution in [2.24, 2.45) is 11.4 Å². The molecule has 4 aromatic rings. The minimum absolute atomic E-state index is 0.0227. The fourth-order valence-corrected chi connectivity index (χ4v) is 6.24. The van der Waals surface area contributed by atoms with E-state index in [-0.39, 0.29) is 34.2 Å². The van der Waals surface area contributed by atoms with Gasteiger partial charge in [-0.25, -0.2) is 4.68 Å². The summed E-state index contributed by atoms with van der Waals surface area (Å²) >= 11 is 5.81. The average Bonchev–Trinajstić information content (AvgIpc) is 3.49. The van der Waals surface area contributed by atoms with E-state index in [0.717, 1.165) is 5.56 Å². The molecule has 0 aliphatic carbocycles. The molecule has 3 aromatic carbocycles. The summed E-state index contributed by atoms with van der Waals surface area (Å²) in [5, 5.41) is 6.80. The van der Waals surface area contributed by atoms with Gasteiger partial charge in [0.2, 0.25) is 5.91 Å². The van der Waals surface area contributed by atoms with Crippen molar-refractivity contribution in [3.63, 3.8) is 0 Å². The van der Waals surface area contributed by atoms with Crippen molar-refractivity contribution >= 4 is 50.5 Å². The third-order valence-electron chi connectivity index (χ3n) is 7.28. The highest BCUT2D eigenvalue weighted by Gasteiger charge is 2.45. The van der Waals surface area contributed by atoms with Gasteiger partial charge in [-0.15, -0.1) is 4.40 Å². The number of carbonyl (C=O) groups is 2. The van der Waals surface area contributed by atoms with Gasteiger partial charge in [0, 0.05) is 5.69 Å². The topological polar surface area (TPSA) is 149 Å². The van der Waals surface area contributed by atoms with Crippen molar-refractivity contribution in [1.29, 1.82) is 0 Å². The predicted molar refractivity (Wildman–Crippen MR) is 175 cm³/mol. The van der Waals surface area contributed by atoms with Crippen molar-refractivity contribution < 1.29 is 36.7 Å². The van der Waals surface area contributed by atoms with Gasteiger partial charge in [0.05, 0.1) is 30.2 Å². The van der Waals surface area contributed by atoms with Crippen molar-refractivity contribution in [1.82, 2.24) is 10.2 Å². The van der Waals surface area contributed by atoms with E-state index < -0.39 is 27.9 Å². The molecule has 0 radical (unpaired) electrons. The number of nitrogens with zero attached hydrogens (tertiary/aromatic N) is 5. The van der Waals surface area contributed by atoms with Crippen molar-refractivity contribution in [2.45, 2.75) is 44.7 Å².